The van der Waals surface area contributed by atoms with Crippen molar-refractivity contribution in [3.8, 4) is 11.1 Å². The van der Waals surface area contributed by atoms with Crippen LogP contribution < -0.4 is 5.32 Å². The molecule has 0 radical (unpaired) electrons. The third kappa shape index (κ3) is 3.94. The van der Waals surface area contributed by atoms with Crippen molar-refractivity contribution in [2.24, 2.45) is 9.98 Å². The number of aliphatic imine (C=N–C) groups is 2. The summed E-state index contributed by atoms with van der Waals surface area (Å²) in [5, 5.41) is 7.85. The molecule has 0 aliphatic carbocycles. The fourth-order valence-corrected chi connectivity index (χ4v) is 6.27. The minimum absolute atomic E-state index is 0.355. The number of rotatable bonds is 4. The second-order valence-corrected chi connectivity index (χ2v) is 11.0. The molecule has 1 atom stereocenters. The van der Waals surface area contributed by atoms with E-state index < -0.39 is 0 Å². The first-order valence-corrected chi connectivity index (χ1v) is 14.7. The average molecular weight is 568 g/mol. The Balaban J connectivity index is 1.32. The van der Waals surface area contributed by atoms with Gasteiger partial charge in [-0.05, 0) is 47.0 Å². The molecule has 0 spiro atoms. The maximum Gasteiger partial charge on any atom is 0.163 e. The quantitative estimate of drug-likeness (QED) is 0.230. The van der Waals surface area contributed by atoms with E-state index in [2.05, 4.69) is 78.1 Å². The number of hydrogen-bond donors (Lipinski definition) is 1. The van der Waals surface area contributed by atoms with Crippen molar-refractivity contribution in [2.45, 2.75) is 6.17 Å². The number of fused-ring (bicyclic) bond motifs is 6. The van der Waals surface area contributed by atoms with Crippen LogP contribution in [0.2, 0.25) is 0 Å². The lowest BCUT2D eigenvalue weighted by Gasteiger charge is -2.24. The highest BCUT2D eigenvalue weighted by Gasteiger charge is 2.26. The Bertz CT molecular complexity index is 2420. The number of benzene rings is 6. The number of amidine groups is 2. The summed E-state index contributed by atoms with van der Waals surface area (Å²) in [5.74, 6) is 1.34. The van der Waals surface area contributed by atoms with Gasteiger partial charge in [0.15, 0.2) is 5.84 Å². The third-order valence-electron chi connectivity index (χ3n) is 8.34. The normalized spacial score (nSPS) is 15.0. The van der Waals surface area contributed by atoms with Crippen LogP contribution in [-0.4, -0.2) is 11.7 Å². The molecule has 0 bridgehead atoms. The molecule has 0 saturated heterocycles. The van der Waals surface area contributed by atoms with Crippen molar-refractivity contribution in [2.75, 3.05) is 0 Å². The van der Waals surface area contributed by atoms with Crippen LogP contribution in [0.15, 0.2) is 158 Å². The van der Waals surface area contributed by atoms with E-state index in [-0.39, 0.29) is 6.17 Å². The van der Waals surface area contributed by atoms with E-state index in [4.69, 9.17) is 18.8 Å². The minimum Gasteiger partial charge on any atom is -0.456 e. The molecular formula is C39H25N3O2. The van der Waals surface area contributed by atoms with Crippen LogP contribution in [0.1, 0.15) is 22.9 Å². The van der Waals surface area contributed by atoms with Crippen LogP contribution in [0.3, 0.4) is 0 Å². The maximum absolute atomic E-state index is 6.43. The summed E-state index contributed by atoms with van der Waals surface area (Å²) in [6, 6.07) is 47.4. The summed E-state index contributed by atoms with van der Waals surface area (Å²) < 4.78 is 12.9. The van der Waals surface area contributed by atoms with Gasteiger partial charge in [-0.1, -0.05) is 109 Å². The number of hydrogen-bond acceptors (Lipinski definition) is 5. The predicted molar refractivity (Wildman–Crippen MR) is 178 cm³/mol. The molecule has 5 heteroatoms. The summed E-state index contributed by atoms with van der Waals surface area (Å²) >= 11 is 0. The molecule has 8 aromatic rings. The second kappa shape index (κ2) is 9.82. The second-order valence-electron chi connectivity index (χ2n) is 11.0. The molecule has 0 amide bonds. The average Bonchev–Trinajstić information content (AvgIpc) is 3.67. The topological polar surface area (TPSA) is 63.0 Å². The van der Waals surface area contributed by atoms with Crippen LogP contribution in [-0.2, 0) is 0 Å². The fraction of sp³-hybridized carbons (Fsp3) is 0.0256. The molecule has 5 nitrogen and oxygen atoms in total. The molecule has 1 aliphatic heterocycles. The van der Waals surface area contributed by atoms with Gasteiger partial charge in [-0.3, -0.25) is 0 Å². The van der Waals surface area contributed by atoms with E-state index in [0.29, 0.717) is 5.84 Å². The summed E-state index contributed by atoms with van der Waals surface area (Å²) in [5.41, 5.74) is 8.28. The highest BCUT2D eigenvalue weighted by molar-refractivity contribution is 6.24. The highest BCUT2D eigenvalue weighted by Crippen LogP contribution is 2.37. The minimum atomic E-state index is -0.355. The van der Waals surface area contributed by atoms with Gasteiger partial charge >= 0.3 is 0 Å². The van der Waals surface area contributed by atoms with Crippen molar-refractivity contribution in [3.63, 3.8) is 0 Å². The zero-order valence-corrected chi connectivity index (χ0v) is 23.6. The Hall–Kier alpha value is -5.94. The number of para-hydroxylation sites is 3. The van der Waals surface area contributed by atoms with Crippen molar-refractivity contribution >= 4 is 55.5 Å². The molecule has 0 saturated carbocycles. The van der Waals surface area contributed by atoms with Gasteiger partial charge in [0.05, 0.1) is 5.56 Å². The summed E-state index contributed by atoms with van der Waals surface area (Å²) in [4.78, 5) is 10.4. The zero-order valence-electron chi connectivity index (χ0n) is 23.6. The van der Waals surface area contributed by atoms with Gasteiger partial charge in [0.2, 0.25) is 0 Å². The van der Waals surface area contributed by atoms with E-state index in [1.807, 2.05) is 66.7 Å². The molecule has 1 aliphatic rings. The Morgan fingerprint density at radius 1 is 0.523 bits per heavy atom. The molecule has 1 N–H and O–H groups in total. The van der Waals surface area contributed by atoms with Crippen molar-refractivity contribution in [3.05, 3.63) is 156 Å². The lowest BCUT2D eigenvalue weighted by Crippen LogP contribution is -2.33. The highest BCUT2D eigenvalue weighted by atomic mass is 16.3. The number of furan rings is 2. The fourth-order valence-electron chi connectivity index (χ4n) is 6.27. The first-order chi connectivity index (χ1) is 21.8. The predicted octanol–water partition coefficient (Wildman–Crippen LogP) is 9.65. The molecule has 3 heterocycles. The smallest absolute Gasteiger partial charge is 0.163 e. The van der Waals surface area contributed by atoms with E-state index in [0.717, 1.165) is 77.5 Å². The Kier molecular flexibility index (Phi) is 5.50. The number of nitrogens with zero attached hydrogens (tertiary/aromatic N) is 2. The molecule has 208 valence electrons. The van der Waals surface area contributed by atoms with Gasteiger partial charge in [-0.15, -0.1) is 0 Å². The maximum atomic E-state index is 6.43. The van der Waals surface area contributed by atoms with Gasteiger partial charge in [0.1, 0.15) is 34.3 Å². The molecule has 0 fully saturated rings. The van der Waals surface area contributed by atoms with Crippen LogP contribution in [0, 0.1) is 0 Å². The molecule has 44 heavy (non-hydrogen) atoms. The van der Waals surface area contributed by atoms with Gasteiger partial charge in [-0.25, -0.2) is 9.98 Å². The summed E-state index contributed by atoms with van der Waals surface area (Å²) in [7, 11) is 0. The van der Waals surface area contributed by atoms with E-state index >= 15 is 0 Å². The number of nitrogens with one attached hydrogen (secondary N) is 1. The van der Waals surface area contributed by atoms with Crippen LogP contribution in [0.4, 0.5) is 0 Å². The van der Waals surface area contributed by atoms with Gasteiger partial charge < -0.3 is 14.2 Å². The molecule has 6 aromatic carbocycles. The molecular weight excluding hydrogens is 542 g/mol. The first-order valence-electron chi connectivity index (χ1n) is 14.7. The third-order valence-corrected chi connectivity index (χ3v) is 8.34. The molecule has 1 unspecified atom stereocenters. The molecule has 2 aromatic heterocycles. The Morgan fingerprint density at radius 2 is 1.20 bits per heavy atom. The van der Waals surface area contributed by atoms with E-state index in [1.165, 1.54) is 0 Å². The monoisotopic (exact) mass is 567 g/mol. The van der Waals surface area contributed by atoms with Gasteiger partial charge in [0, 0.05) is 27.1 Å². The standard InChI is InChI=1S/C39H25N3O2/c1-3-12-24(13-4-1)26-22-31(35-29-17-8-10-21-33(29)43-34(35)23-26)39-41-37(25-14-5-2-6-15-25)40-38(42-39)30-19-11-18-28-27-16-7-9-20-32(27)44-36(28)30/h1-23,37H,(H,40,41,42). The van der Waals surface area contributed by atoms with Crippen LogP contribution >= 0.6 is 0 Å². The van der Waals surface area contributed by atoms with Crippen LogP contribution in [0.25, 0.3) is 55.0 Å². The lowest BCUT2D eigenvalue weighted by atomic mass is 9.97. The Labute approximate surface area is 252 Å². The molecule has 9 rings (SSSR count). The summed E-state index contributed by atoms with van der Waals surface area (Å²) in [6.45, 7) is 0. The first kappa shape index (κ1) is 24.6. The zero-order chi connectivity index (χ0) is 29.0. The van der Waals surface area contributed by atoms with Crippen molar-refractivity contribution in [1.29, 1.82) is 0 Å². The lowest BCUT2D eigenvalue weighted by molar-refractivity contribution is 0.662. The SMILES string of the molecule is c1ccc(-c2cc(C3=NC(c4cccc5c4oc4ccccc45)=NC(c4ccccc4)N3)c3c(c2)oc2ccccc23)cc1. The van der Waals surface area contributed by atoms with E-state index in [1.54, 1.807) is 0 Å². The Morgan fingerprint density at radius 3 is 2.02 bits per heavy atom. The van der Waals surface area contributed by atoms with Gasteiger partial charge in [-0.2, -0.15) is 0 Å². The summed E-state index contributed by atoms with van der Waals surface area (Å²) in [6.07, 6.45) is -0.355. The van der Waals surface area contributed by atoms with E-state index in [9.17, 15) is 0 Å². The van der Waals surface area contributed by atoms with Crippen molar-refractivity contribution in [1.82, 2.24) is 5.32 Å². The van der Waals surface area contributed by atoms with Crippen molar-refractivity contribution < 1.29 is 8.83 Å². The van der Waals surface area contributed by atoms with Gasteiger partial charge in [0.25, 0.3) is 0 Å². The van der Waals surface area contributed by atoms with Crippen LogP contribution in [0.5, 0.6) is 0 Å². The largest absolute Gasteiger partial charge is 0.456 e.